The Balaban J connectivity index is 0.00000228. The molecule has 1 unspecified atom stereocenters. The van der Waals surface area contributed by atoms with Crippen molar-refractivity contribution >= 4 is 27.9 Å². The molecule has 3 heteroatoms. The van der Waals surface area contributed by atoms with Crippen LogP contribution in [-0.4, -0.2) is 5.71 Å². The molecule has 0 radical (unpaired) electrons. The van der Waals surface area contributed by atoms with E-state index in [1.165, 1.54) is 22.3 Å². The molecule has 0 amide bonds. The zero-order valence-corrected chi connectivity index (χ0v) is 27.2. The number of aliphatic imine (C=N–C) groups is 1. The smallest absolute Gasteiger partial charge is 0.673 e. The van der Waals surface area contributed by atoms with E-state index < -0.39 is 0 Å². The van der Waals surface area contributed by atoms with Crippen LogP contribution in [0, 0.1) is 27.8 Å². The van der Waals surface area contributed by atoms with Crippen molar-refractivity contribution in [3.8, 4) is 0 Å². The van der Waals surface area contributed by atoms with Gasteiger partial charge in [-0.1, -0.05) is 111 Å². The average Bonchev–Trinajstić information content (AvgIpc) is 2.83. The van der Waals surface area contributed by atoms with E-state index in [-0.39, 0.29) is 46.7 Å². The Morgan fingerprint density at radius 1 is 0.757 bits per heavy atom. The molecule has 4 rings (SSSR count). The first-order valence-electron chi connectivity index (χ1n) is 12.2. The summed E-state index contributed by atoms with van der Waals surface area (Å²) in [5, 5.41) is 7.65. The minimum Gasteiger partial charge on any atom is -0.673 e. The van der Waals surface area contributed by atoms with E-state index in [1.54, 1.807) is 0 Å². The molecular formula is C34H40HfN2. The molecule has 0 bridgehead atoms. The fraction of sp³-hybridized carbons (Fsp3) is 0.265. The monoisotopic (exact) mass is 656 g/mol. The molecule has 0 aliphatic heterocycles. The van der Waals surface area contributed by atoms with Crippen molar-refractivity contribution in [2.24, 2.45) is 4.99 Å². The number of hydrogen-bond donors (Lipinski definition) is 0. The van der Waals surface area contributed by atoms with E-state index in [0.717, 1.165) is 27.9 Å². The molecule has 1 atom stereocenters. The minimum absolute atomic E-state index is 0. The fourth-order valence-electron chi connectivity index (χ4n) is 4.55. The summed E-state index contributed by atoms with van der Waals surface area (Å²) in [5.74, 6) is 0.778. The molecule has 2 nitrogen and oxygen atoms in total. The van der Waals surface area contributed by atoms with Crippen LogP contribution in [0.3, 0.4) is 0 Å². The molecule has 0 N–H and O–H groups in total. The largest absolute Gasteiger partial charge is 4.00 e. The second kappa shape index (κ2) is 14.4. The zero-order valence-electron chi connectivity index (χ0n) is 23.6. The van der Waals surface area contributed by atoms with E-state index >= 15 is 0 Å². The van der Waals surface area contributed by atoms with E-state index in [2.05, 4.69) is 114 Å². The topological polar surface area (TPSA) is 26.5 Å². The van der Waals surface area contributed by atoms with E-state index in [4.69, 9.17) is 10.3 Å². The van der Waals surface area contributed by atoms with Gasteiger partial charge in [0.1, 0.15) is 0 Å². The van der Waals surface area contributed by atoms with Gasteiger partial charge in [-0.2, -0.15) is 0 Å². The number of rotatable bonds is 7. The van der Waals surface area contributed by atoms with Gasteiger partial charge in [-0.05, 0) is 42.6 Å². The van der Waals surface area contributed by atoms with Gasteiger partial charge in [0, 0.05) is 0 Å². The molecule has 0 aliphatic carbocycles. The Kier molecular flexibility index (Phi) is 12.7. The normalized spacial score (nSPS) is 11.9. The maximum Gasteiger partial charge on any atom is 4.00 e. The van der Waals surface area contributed by atoms with Crippen molar-refractivity contribution in [1.82, 2.24) is 0 Å². The summed E-state index contributed by atoms with van der Waals surface area (Å²) in [6.45, 7) is 13.2. The second-order valence-corrected chi connectivity index (χ2v) is 9.65. The van der Waals surface area contributed by atoms with Crippen molar-refractivity contribution in [3.63, 3.8) is 0 Å². The number of aryl methyl sites for hydroxylation is 1. The Morgan fingerprint density at radius 2 is 1.32 bits per heavy atom. The third kappa shape index (κ3) is 7.29. The fourth-order valence-corrected chi connectivity index (χ4v) is 4.55. The number of hydrogen-bond acceptors (Lipinski definition) is 1. The summed E-state index contributed by atoms with van der Waals surface area (Å²) >= 11 is 0. The first-order valence-corrected chi connectivity index (χ1v) is 12.2. The van der Waals surface area contributed by atoms with Crippen LogP contribution < -0.4 is 0 Å². The van der Waals surface area contributed by atoms with Gasteiger partial charge < -0.3 is 25.2 Å². The standard InChI is InChI=1S/C32H34N2.2CH3.Hf/c1-21(2)26-18-12-19-27(22(3)4)32(26)34-31(28-16-9-7-13-23(28)5)24(6)33-30-20-11-15-25-14-8-10-17-29(25)30;;;/h7-16,18-22,31H,1-6H3;2*1H3;/q-2;2*-1;+4. The molecule has 0 aromatic heterocycles. The number of fused-ring (bicyclic) bond motifs is 1. The number of benzene rings is 4. The molecular weight excluding hydrogens is 615 g/mol. The van der Waals surface area contributed by atoms with Crippen LogP contribution in [0.2, 0.25) is 0 Å². The molecule has 0 fully saturated rings. The molecule has 0 saturated heterocycles. The van der Waals surface area contributed by atoms with Gasteiger partial charge in [-0.15, -0.1) is 40.7 Å². The van der Waals surface area contributed by atoms with E-state index in [9.17, 15) is 0 Å². The summed E-state index contributed by atoms with van der Waals surface area (Å²) in [5.41, 5.74) is 8.02. The van der Waals surface area contributed by atoms with Crippen LogP contribution in [-0.2, 0) is 25.8 Å². The first kappa shape index (κ1) is 32.5. The van der Waals surface area contributed by atoms with Crippen molar-refractivity contribution < 1.29 is 25.8 Å². The Morgan fingerprint density at radius 3 is 1.95 bits per heavy atom. The quantitative estimate of drug-likeness (QED) is 0.108. The molecule has 0 heterocycles. The van der Waals surface area contributed by atoms with Crippen LogP contribution in [0.15, 0.2) is 83.9 Å². The van der Waals surface area contributed by atoms with Crippen molar-refractivity contribution in [2.45, 2.75) is 59.4 Å². The van der Waals surface area contributed by atoms with Crippen molar-refractivity contribution in [1.29, 1.82) is 0 Å². The molecule has 4 aromatic carbocycles. The second-order valence-electron chi connectivity index (χ2n) is 9.65. The predicted molar refractivity (Wildman–Crippen MR) is 160 cm³/mol. The van der Waals surface area contributed by atoms with Gasteiger partial charge in [-0.3, -0.25) is 0 Å². The van der Waals surface area contributed by atoms with Crippen molar-refractivity contribution in [2.75, 3.05) is 0 Å². The summed E-state index contributed by atoms with van der Waals surface area (Å²) in [7, 11) is 0. The van der Waals surface area contributed by atoms with Gasteiger partial charge in [-0.25, -0.2) is 0 Å². The summed E-state index contributed by atoms with van der Waals surface area (Å²) < 4.78 is 0. The van der Waals surface area contributed by atoms with Crippen LogP contribution >= 0.6 is 0 Å². The SMILES string of the molecule is CC(=Nc1cccc2ccc[c-]c12)C([N-]c1c(C(C)C)cccc1C(C)C)c1ccccc1C.[CH3-].[CH3-].[Hf+4]. The zero-order chi connectivity index (χ0) is 24.2. The Bertz CT molecular complexity index is 1290. The van der Waals surface area contributed by atoms with E-state index in [0.29, 0.717) is 11.8 Å². The van der Waals surface area contributed by atoms with Crippen LogP contribution in [0.1, 0.15) is 74.8 Å². The third-order valence-electron chi connectivity index (χ3n) is 6.45. The van der Waals surface area contributed by atoms with Crippen LogP contribution in [0.5, 0.6) is 0 Å². The molecule has 0 aliphatic rings. The molecule has 37 heavy (non-hydrogen) atoms. The minimum atomic E-state index is -0.169. The number of nitrogens with zero attached hydrogens (tertiary/aromatic N) is 2. The molecule has 0 saturated carbocycles. The molecule has 4 aromatic rings. The van der Waals surface area contributed by atoms with Crippen molar-refractivity contribution in [3.05, 3.63) is 127 Å². The van der Waals surface area contributed by atoms with Gasteiger partial charge in [0.15, 0.2) is 0 Å². The average molecular weight is 655 g/mol. The summed E-state index contributed by atoms with van der Waals surface area (Å²) in [6.07, 6.45) is 0. The first-order chi connectivity index (χ1) is 16.4. The van der Waals surface area contributed by atoms with Crippen LogP contribution in [0.4, 0.5) is 11.4 Å². The predicted octanol–water partition coefficient (Wildman–Crippen LogP) is 10.6. The van der Waals surface area contributed by atoms with Crippen LogP contribution in [0.25, 0.3) is 16.1 Å². The van der Waals surface area contributed by atoms with Gasteiger partial charge in [0.2, 0.25) is 0 Å². The number of para-hydroxylation sites is 1. The maximum absolute atomic E-state index is 5.47. The summed E-state index contributed by atoms with van der Waals surface area (Å²) in [4.78, 5) is 5.14. The van der Waals surface area contributed by atoms with Gasteiger partial charge in [0.05, 0.1) is 0 Å². The van der Waals surface area contributed by atoms with Gasteiger partial charge in [0.25, 0.3) is 0 Å². The Hall–Kier alpha value is -2.52. The maximum atomic E-state index is 5.47. The van der Waals surface area contributed by atoms with Gasteiger partial charge >= 0.3 is 25.8 Å². The molecule has 190 valence electrons. The molecule has 0 spiro atoms. The Labute approximate surface area is 244 Å². The summed E-state index contributed by atoms with van der Waals surface area (Å²) in [6, 6.07) is 30.7. The van der Waals surface area contributed by atoms with E-state index in [1.807, 2.05) is 12.1 Å². The third-order valence-corrected chi connectivity index (χ3v) is 6.45.